The Morgan fingerprint density at radius 3 is 2.67 bits per heavy atom. The third kappa shape index (κ3) is 4.93. The molecule has 0 aliphatic heterocycles. The molecule has 5 nitrogen and oxygen atoms in total. The molecule has 2 atom stereocenters. The van der Waals surface area contributed by atoms with Crippen molar-refractivity contribution in [2.45, 2.75) is 26.2 Å². The molecule has 0 saturated heterocycles. The molecule has 130 valence electrons. The molecule has 2 unspecified atom stereocenters. The van der Waals surface area contributed by atoms with Crippen LogP contribution in [0.25, 0.3) is 0 Å². The maximum absolute atomic E-state index is 12.4. The number of aromatic nitrogens is 2. The molecule has 0 aliphatic rings. The van der Waals surface area contributed by atoms with Crippen LogP contribution in [0, 0.1) is 11.8 Å². The minimum absolute atomic E-state index is 0.0442. The van der Waals surface area contributed by atoms with E-state index in [9.17, 15) is 9.90 Å². The van der Waals surface area contributed by atoms with Gasteiger partial charge in [0.1, 0.15) is 0 Å². The number of carbonyl (C=O) groups is 1. The number of nitrogens with zero attached hydrogens (tertiary/aromatic N) is 2. The van der Waals surface area contributed by atoms with Gasteiger partial charge < -0.3 is 14.4 Å². The lowest BCUT2D eigenvalue weighted by Crippen LogP contribution is -2.30. The molecular weight excluding hydrogens is 304 g/mol. The van der Waals surface area contributed by atoms with Gasteiger partial charge >= 0.3 is 5.97 Å². The van der Waals surface area contributed by atoms with Gasteiger partial charge in [-0.15, -0.1) is 0 Å². The van der Waals surface area contributed by atoms with Crippen LogP contribution in [0.5, 0.6) is 0 Å². The zero-order valence-electron chi connectivity index (χ0n) is 14.4. The summed E-state index contributed by atoms with van der Waals surface area (Å²) in [4.78, 5) is 16.5. The molecule has 0 saturated carbocycles. The molecule has 0 aliphatic carbocycles. The molecular formula is C19H26N2O3. The smallest absolute Gasteiger partial charge is 0.309 e. The maximum atomic E-state index is 12.4. The van der Waals surface area contributed by atoms with Crippen molar-refractivity contribution in [2.24, 2.45) is 18.9 Å². The highest BCUT2D eigenvalue weighted by Gasteiger charge is 2.28. The van der Waals surface area contributed by atoms with Gasteiger partial charge in [-0.05, 0) is 18.4 Å². The van der Waals surface area contributed by atoms with Crippen molar-refractivity contribution >= 4 is 5.97 Å². The van der Waals surface area contributed by atoms with Crippen LogP contribution >= 0.6 is 0 Å². The third-order valence-corrected chi connectivity index (χ3v) is 4.41. The number of benzene rings is 1. The van der Waals surface area contributed by atoms with Crippen molar-refractivity contribution in [1.29, 1.82) is 0 Å². The van der Waals surface area contributed by atoms with Crippen molar-refractivity contribution in [1.82, 2.24) is 9.55 Å². The second-order valence-corrected chi connectivity index (χ2v) is 6.06. The summed E-state index contributed by atoms with van der Waals surface area (Å²) in [6.07, 6.45) is 5.46. The van der Waals surface area contributed by atoms with Crippen LogP contribution in [0.1, 0.15) is 24.6 Å². The van der Waals surface area contributed by atoms with Crippen LogP contribution in [0.15, 0.2) is 42.9 Å². The van der Waals surface area contributed by atoms with Gasteiger partial charge in [-0.1, -0.05) is 37.3 Å². The molecule has 1 aromatic heterocycles. The highest BCUT2D eigenvalue weighted by atomic mass is 16.5. The number of aliphatic hydroxyl groups is 1. The predicted octanol–water partition coefficient (Wildman–Crippen LogP) is 2.38. The quantitative estimate of drug-likeness (QED) is 0.717. The fourth-order valence-electron chi connectivity index (χ4n) is 2.90. The van der Waals surface area contributed by atoms with E-state index in [0.717, 1.165) is 11.3 Å². The maximum Gasteiger partial charge on any atom is 0.309 e. The molecule has 0 radical (unpaired) electrons. The first-order valence-corrected chi connectivity index (χ1v) is 8.42. The first-order chi connectivity index (χ1) is 11.7. The number of ether oxygens (including phenoxy) is 1. The summed E-state index contributed by atoms with van der Waals surface area (Å²) in [6, 6.07) is 9.95. The van der Waals surface area contributed by atoms with E-state index in [-0.39, 0.29) is 24.4 Å². The van der Waals surface area contributed by atoms with Gasteiger partial charge in [-0.25, -0.2) is 4.98 Å². The standard InChI is InChI=1S/C19H26N2O3/c1-3-18(16(13-22)11-17-12-20-14-21(17)2)19(23)24-10-9-15-7-5-4-6-8-15/h4-8,12,14,16,18,22H,3,9-11,13H2,1-2H3. The van der Waals surface area contributed by atoms with E-state index in [1.165, 1.54) is 0 Å². The molecule has 0 spiro atoms. The molecule has 24 heavy (non-hydrogen) atoms. The van der Waals surface area contributed by atoms with Crippen LogP contribution in [0.3, 0.4) is 0 Å². The molecule has 2 rings (SSSR count). The van der Waals surface area contributed by atoms with E-state index in [1.54, 1.807) is 12.5 Å². The molecule has 1 N–H and O–H groups in total. The zero-order chi connectivity index (χ0) is 17.4. The Labute approximate surface area is 143 Å². The van der Waals surface area contributed by atoms with E-state index < -0.39 is 0 Å². The minimum Gasteiger partial charge on any atom is -0.465 e. The topological polar surface area (TPSA) is 64.3 Å². The SMILES string of the molecule is CCC(C(=O)OCCc1ccccc1)C(CO)Cc1cncn1C. The van der Waals surface area contributed by atoms with Gasteiger partial charge in [0.15, 0.2) is 0 Å². The summed E-state index contributed by atoms with van der Waals surface area (Å²) in [5, 5.41) is 9.73. The van der Waals surface area contributed by atoms with Gasteiger partial charge in [0.2, 0.25) is 0 Å². The van der Waals surface area contributed by atoms with Crippen LogP contribution in [0.2, 0.25) is 0 Å². The van der Waals surface area contributed by atoms with Crippen molar-refractivity contribution in [3.63, 3.8) is 0 Å². The summed E-state index contributed by atoms with van der Waals surface area (Å²) in [5.41, 5.74) is 2.15. The number of hydrogen-bond donors (Lipinski definition) is 1. The van der Waals surface area contributed by atoms with E-state index in [4.69, 9.17) is 4.74 Å². The molecule has 1 aromatic carbocycles. The van der Waals surface area contributed by atoms with Crippen LogP contribution < -0.4 is 0 Å². The lowest BCUT2D eigenvalue weighted by atomic mass is 9.87. The molecule has 1 heterocycles. The molecule has 5 heteroatoms. The number of esters is 1. The molecule has 0 fully saturated rings. The summed E-state index contributed by atoms with van der Waals surface area (Å²) in [5.74, 6) is -0.690. The molecule has 2 aromatic rings. The van der Waals surface area contributed by atoms with Crippen LogP contribution in [-0.2, 0) is 29.4 Å². The lowest BCUT2D eigenvalue weighted by Gasteiger charge is -2.23. The Hall–Kier alpha value is -2.14. The van der Waals surface area contributed by atoms with Crippen LogP contribution in [0.4, 0.5) is 0 Å². The highest BCUT2D eigenvalue weighted by molar-refractivity contribution is 5.72. The summed E-state index contributed by atoms with van der Waals surface area (Å²) < 4.78 is 7.37. The first kappa shape index (κ1) is 18.2. The number of carbonyl (C=O) groups excluding carboxylic acids is 1. The number of aliphatic hydroxyl groups excluding tert-OH is 1. The summed E-state index contributed by atoms with van der Waals surface area (Å²) in [6.45, 7) is 2.27. The number of hydrogen-bond acceptors (Lipinski definition) is 4. The third-order valence-electron chi connectivity index (χ3n) is 4.41. The fourth-order valence-corrected chi connectivity index (χ4v) is 2.90. The Kier molecular flexibility index (Phi) is 7.00. The van der Waals surface area contributed by atoms with E-state index in [0.29, 0.717) is 25.9 Å². The monoisotopic (exact) mass is 330 g/mol. The Morgan fingerprint density at radius 2 is 2.08 bits per heavy atom. The second kappa shape index (κ2) is 9.23. The Balaban J connectivity index is 1.90. The highest BCUT2D eigenvalue weighted by Crippen LogP contribution is 2.22. The molecule has 0 bridgehead atoms. The largest absolute Gasteiger partial charge is 0.465 e. The van der Waals surface area contributed by atoms with Crippen molar-refractivity contribution in [3.05, 3.63) is 54.1 Å². The first-order valence-electron chi connectivity index (χ1n) is 8.42. The number of rotatable bonds is 9. The second-order valence-electron chi connectivity index (χ2n) is 6.06. The Bertz CT molecular complexity index is 625. The average Bonchev–Trinajstić information content (AvgIpc) is 3.00. The Morgan fingerprint density at radius 1 is 1.33 bits per heavy atom. The van der Waals surface area contributed by atoms with Gasteiger partial charge in [-0.3, -0.25) is 4.79 Å². The normalized spacial score (nSPS) is 13.5. The van der Waals surface area contributed by atoms with Crippen molar-refractivity contribution in [2.75, 3.05) is 13.2 Å². The van der Waals surface area contributed by atoms with Crippen molar-refractivity contribution in [3.8, 4) is 0 Å². The lowest BCUT2D eigenvalue weighted by molar-refractivity contribution is -0.151. The zero-order valence-corrected chi connectivity index (χ0v) is 14.4. The van der Waals surface area contributed by atoms with E-state index in [2.05, 4.69) is 4.98 Å². The van der Waals surface area contributed by atoms with Gasteiger partial charge in [0.05, 0.1) is 18.9 Å². The fraction of sp³-hybridized carbons (Fsp3) is 0.474. The predicted molar refractivity (Wildman–Crippen MR) is 92.4 cm³/mol. The van der Waals surface area contributed by atoms with E-state index in [1.807, 2.05) is 48.9 Å². The minimum atomic E-state index is -0.305. The van der Waals surface area contributed by atoms with Gasteiger partial charge in [0.25, 0.3) is 0 Å². The number of imidazole rings is 1. The molecule has 0 amide bonds. The average molecular weight is 330 g/mol. The van der Waals surface area contributed by atoms with Crippen molar-refractivity contribution < 1.29 is 14.6 Å². The summed E-state index contributed by atoms with van der Waals surface area (Å²) in [7, 11) is 1.91. The van der Waals surface area contributed by atoms with E-state index >= 15 is 0 Å². The van der Waals surface area contributed by atoms with Crippen LogP contribution in [-0.4, -0.2) is 33.8 Å². The van der Waals surface area contributed by atoms with Gasteiger partial charge in [0, 0.05) is 37.9 Å². The van der Waals surface area contributed by atoms with Gasteiger partial charge in [-0.2, -0.15) is 0 Å². The number of aryl methyl sites for hydroxylation is 1. The summed E-state index contributed by atoms with van der Waals surface area (Å²) >= 11 is 0.